The number of nitrogens with two attached hydrogens (primary N) is 1. The molecule has 1 rings (SSSR count). The molecule has 2 atom stereocenters. The first kappa shape index (κ1) is 14.9. The third-order valence-corrected chi connectivity index (χ3v) is 3.05. The zero-order valence-electron chi connectivity index (χ0n) is 10.7. The Balaban J connectivity index is 2.27. The van der Waals surface area contributed by atoms with Gasteiger partial charge in [-0.25, -0.2) is 5.01 Å². The minimum absolute atomic E-state index is 0.184. The molecule has 7 nitrogen and oxygen atoms in total. The van der Waals surface area contributed by atoms with Gasteiger partial charge in [0, 0.05) is 19.5 Å². The van der Waals surface area contributed by atoms with Crippen LogP contribution in [0.5, 0.6) is 0 Å². The normalized spacial score (nSPS) is 21.6. The summed E-state index contributed by atoms with van der Waals surface area (Å²) in [6.07, 6.45) is 2.33. The Bertz CT molecular complexity index is 292. The lowest BCUT2D eigenvalue weighted by Crippen LogP contribution is -2.47. The van der Waals surface area contributed by atoms with Gasteiger partial charge in [-0.15, -0.1) is 0 Å². The van der Waals surface area contributed by atoms with Crippen LogP contribution in [0.1, 0.15) is 19.3 Å². The number of likely N-dealkylation sites (N-methyl/N-ethyl adjacent to an activating group) is 1. The molecule has 5 N–H and O–H groups in total. The Morgan fingerprint density at radius 1 is 1.61 bits per heavy atom. The van der Waals surface area contributed by atoms with E-state index in [1.165, 1.54) is 12.1 Å². The van der Waals surface area contributed by atoms with Gasteiger partial charge in [0.15, 0.2) is 0 Å². The van der Waals surface area contributed by atoms with E-state index in [4.69, 9.17) is 10.8 Å². The quantitative estimate of drug-likeness (QED) is 0.443. The molecule has 7 heteroatoms. The summed E-state index contributed by atoms with van der Waals surface area (Å²) in [5, 5.41) is 13.1. The van der Waals surface area contributed by atoms with E-state index in [1.54, 1.807) is 0 Å². The molecule has 1 unspecified atom stereocenters. The predicted molar refractivity (Wildman–Crippen MR) is 66.6 cm³/mol. The van der Waals surface area contributed by atoms with Gasteiger partial charge in [0.1, 0.15) is 6.54 Å². The highest BCUT2D eigenvalue weighted by Crippen LogP contribution is 2.14. The molecule has 1 amide bonds. The van der Waals surface area contributed by atoms with E-state index in [2.05, 4.69) is 10.7 Å². The first-order valence-corrected chi connectivity index (χ1v) is 6.17. The zero-order chi connectivity index (χ0) is 13.5. The van der Waals surface area contributed by atoms with Crippen molar-refractivity contribution >= 4 is 11.9 Å². The lowest BCUT2D eigenvalue weighted by Gasteiger charge is -2.28. The molecule has 0 aliphatic carbocycles. The van der Waals surface area contributed by atoms with Crippen molar-refractivity contribution < 1.29 is 14.7 Å². The molecule has 1 fully saturated rings. The monoisotopic (exact) mass is 258 g/mol. The molecule has 0 bridgehead atoms. The maximum absolute atomic E-state index is 11.6. The molecule has 1 heterocycles. The summed E-state index contributed by atoms with van der Waals surface area (Å²) in [6, 6.07) is -0.184. The maximum atomic E-state index is 11.6. The van der Waals surface area contributed by atoms with Crippen LogP contribution < -0.4 is 16.5 Å². The number of nitrogens with zero attached hydrogens (tertiary/aromatic N) is 1. The number of carboxylic acid groups (broad SMARTS) is 1. The molecule has 1 saturated heterocycles. The Morgan fingerprint density at radius 3 is 2.89 bits per heavy atom. The van der Waals surface area contributed by atoms with Crippen molar-refractivity contribution in [1.29, 1.82) is 0 Å². The van der Waals surface area contributed by atoms with Crippen LogP contribution >= 0.6 is 0 Å². The Morgan fingerprint density at radius 2 is 2.33 bits per heavy atom. The van der Waals surface area contributed by atoms with Crippen LogP contribution in [0.4, 0.5) is 0 Å². The Labute approximate surface area is 107 Å². The number of nitrogens with one attached hydrogen (secondary N) is 2. The van der Waals surface area contributed by atoms with E-state index in [-0.39, 0.29) is 24.9 Å². The van der Waals surface area contributed by atoms with Crippen molar-refractivity contribution in [3.8, 4) is 0 Å². The fourth-order valence-corrected chi connectivity index (χ4v) is 2.13. The molecule has 0 radical (unpaired) electrons. The lowest BCUT2D eigenvalue weighted by atomic mass is 9.90. The minimum Gasteiger partial charge on any atom is -0.480 e. The Hall–Kier alpha value is -1.18. The number of carbonyl (C=O) groups excluding carboxylic acids is 1. The zero-order valence-corrected chi connectivity index (χ0v) is 10.7. The van der Waals surface area contributed by atoms with Crippen LogP contribution in [-0.2, 0) is 9.59 Å². The van der Waals surface area contributed by atoms with Gasteiger partial charge in [0.05, 0.1) is 0 Å². The Kier molecular flexibility index (Phi) is 6.03. The van der Waals surface area contributed by atoms with E-state index >= 15 is 0 Å². The van der Waals surface area contributed by atoms with Crippen LogP contribution in [0.15, 0.2) is 0 Å². The van der Waals surface area contributed by atoms with Crippen molar-refractivity contribution in [2.75, 3.05) is 26.7 Å². The highest BCUT2D eigenvalue weighted by molar-refractivity contribution is 5.76. The summed E-state index contributed by atoms with van der Waals surface area (Å²) < 4.78 is 0. The molecule has 0 saturated carbocycles. The molecule has 1 aliphatic heterocycles. The van der Waals surface area contributed by atoms with Gasteiger partial charge in [-0.3, -0.25) is 15.0 Å². The van der Waals surface area contributed by atoms with Gasteiger partial charge in [-0.1, -0.05) is 0 Å². The van der Waals surface area contributed by atoms with Crippen molar-refractivity contribution in [2.45, 2.75) is 25.3 Å². The largest absolute Gasteiger partial charge is 0.480 e. The molecule has 104 valence electrons. The van der Waals surface area contributed by atoms with Crippen molar-refractivity contribution in [3.05, 3.63) is 0 Å². The predicted octanol–water partition coefficient (Wildman–Crippen LogP) is -1.25. The average molecular weight is 258 g/mol. The summed E-state index contributed by atoms with van der Waals surface area (Å²) in [5.41, 5.74) is 8.49. The van der Waals surface area contributed by atoms with Crippen LogP contribution in [-0.4, -0.2) is 54.7 Å². The number of hydrogen-bond acceptors (Lipinski definition) is 5. The summed E-state index contributed by atoms with van der Waals surface area (Å²) in [4.78, 5) is 22.1. The van der Waals surface area contributed by atoms with E-state index in [1.807, 2.05) is 0 Å². The van der Waals surface area contributed by atoms with Gasteiger partial charge in [-0.05, 0) is 31.8 Å². The minimum atomic E-state index is -0.987. The second kappa shape index (κ2) is 7.30. The highest BCUT2D eigenvalue weighted by atomic mass is 16.4. The molecule has 0 aromatic heterocycles. The molecule has 1 aliphatic rings. The number of amides is 1. The number of rotatable bonds is 6. The molecule has 0 aromatic rings. The second-order valence-corrected chi connectivity index (χ2v) is 4.76. The van der Waals surface area contributed by atoms with Crippen LogP contribution in [0, 0.1) is 5.92 Å². The van der Waals surface area contributed by atoms with Crippen molar-refractivity contribution in [2.24, 2.45) is 11.7 Å². The van der Waals surface area contributed by atoms with Gasteiger partial charge in [0.2, 0.25) is 5.91 Å². The van der Waals surface area contributed by atoms with Gasteiger partial charge in [-0.2, -0.15) is 0 Å². The van der Waals surface area contributed by atoms with E-state index in [0.717, 1.165) is 25.9 Å². The number of aliphatic carboxylic acids is 1. The fraction of sp³-hybridized carbons (Fsp3) is 0.818. The van der Waals surface area contributed by atoms with Crippen molar-refractivity contribution in [1.82, 2.24) is 15.8 Å². The van der Waals surface area contributed by atoms with Gasteiger partial charge in [0.25, 0.3) is 0 Å². The summed E-state index contributed by atoms with van der Waals surface area (Å²) in [6.45, 7) is 1.63. The molecule has 18 heavy (non-hydrogen) atoms. The summed E-state index contributed by atoms with van der Waals surface area (Å²) >= 11 is 0. The summed E-state index contributed by atoms with van der Waals surface area (Å²) in [5.74, 6) is -0.912. The number of hydrazine groups is 1. The first-order valence-electron chi connectivity index (χ1n) is 6.17. The lowest BCUT2D eigenvalue weighted by molar-refractivity contribution is -0.139. The number of hydrogen-bond donors (Lipinski definition) is 4. The van der Waals surface area contributed by atoms with Crippen LogP contribution in [0.2, 0.25) is 0 Å². The smallest absolute Gasteiger partial charge is 0.319 e. The highest BCUT2D eigenvalue weighted by Gasteiger charge is 2.22. The topological polar surface area (TPSA) is 108 Å². The number of piperidine rings is 1. The molecule has 0 spiro atoms. The first-order chi connectivity index (χ1) is 8.49. The maximum Gasteiger partial charge on any atom is 0.319 e. The summed E-state index contributed by atoms with van der Waals surface area (Å²) in [7, 11) is 1.51. The van der Waals surface area contributed by atoms with Gasteiger partial charge >= 0.3 is 5.97 Å². The average Bonchev–Trinajstić information content (AvgIpc) is 2.28. The van der Waals surface area contributed by atoms with E-state index < -0.39 is 5.97 Å². The number of carbonyl (C=O) groups is 2. The fourth-order valence-electron chi connectivity index (χ4n) is 2.13. The molecule has 0 aromatic carbocycles. The third-order valence-electron chi connectivity index (χ3n) is 3.05. The van der Waals surface area contributed by atoms with E-state index in [9.17, 15) is 9.59 Å². The third kappa shape index (κ3) is 5.44. The molecular formula is C11H22N4O3. The molecular weight excluding hydrogens is 236 g/mol. The van der Waals surface area contributed by atoms with Crippen LogP contribution in [0.3, 0.4) is 0 Å². The van der Waals surface area contributed by atoms with Crippen LogP contribution in [0.25, 0.3) is 0 Å². The van der Waals surface area contributed by atoms with Crippen molar-refractivity contribution in [3.63, 3.8) is 0 Å². The standard InChI is InChI=1S/C11H22N4O3/c1-15(7-11(17)18)14-10(16)5-9(12)8-3-2-4-13-6-8/h8-9,13H,2-7,12H2,1H3,(H,14,16)(H,17,18)/t8?,9-/m0/s1. The van der Waals surface area contributed by atoms with E-state index in [0.29, 0.717) is 5.92 Å². The number of carboxylic acids is 1. The second-order valence-electron chi connectivity index (χ2n) is 4.76. The SMILES string of the molecule is CN(CC(=O)O)NC(=O)C[C@H](N)C1CCCNC1. The van der Waals surface area contributed by atoms with Gasteiger partial charge < -0.3 is 16.2 Å².